The highest BCUT2D eigenvalue weighted by molar-refractivity contribution is 5.77. The monoisotopic (exact) mass is 186 g/mol. The molecule has 0 aromatic rings. The summed E-state index contributed by atoms with van der Waals surface area (Å²) in [7, 11) is 0. The van der Waals surface area contributed by atoms with Gasteiger partial charge < -0.3 is 4.74 Å². The van der Waals surface area contributed by atoms with Crippen molar-refractivity contribution in [1.82, 2.24) is 0 Å². The van der Waals surface area contributed by atoms with Crippen LogP contribution in [0, 0.1) is 0 Å². The first kappa shape index (κ1) is 12.6. The van der Waals surface area contributed by atoms with E-state index in [0.29, 0.717) is 24.7 Å². The second-order valence-corrected chi connectivity index (χ2v) is 3.47. The zero-order valence-electron chi connectivity index (χ0n) is 9.14. The Morgan fingerprint density at radius 3 is 2.62 bits per heavy atom. The van der Waals surface area contributed by atoms with E-state index in [1.54, 1.807) is 0 Å². The topological polar surface area (TPSA) is 26.3 Å². The minimum absolute atomic E-state index is 0.340. The lowest BCUT2D eigenvalue weighted by atomic mass is 10.2. The molecule has 0 aromatic carbocycles. The molecule has 78 valence electrons. The molecule has 0 aliphatic heterocycles. The van der Waals surface area contributed by atoms with Gasteiger partial charge in [-0.15, -0.1) is 0 Å². The Hall–Kier alpha value is -0.370. The number of ether oxygens (including phenoxy) is 1. The number of hydrogen-bond donors (Lipinski definition) is 0. The Kier molecular flexibility index (Phi) is 8.00. The summed E-state index contributed by atoms with van der Waals surface area (Å²) >= 11 is 0. The minimum Gasteiger partial charge on any atom is -0.378 e. The highest BCUT2D eigenvalue weighted by Crippen LogP contribution is 2.03. The van der Waals surface area contributed by atoms with Crippen molar-refractivity contribution in [3.05, 3.63) is 0 Å². The van der Waals surface area contributed by atoms with Gasteiger partial charge in [-0.2, -0.15) is 0 Å². The van der Waals surface area contributed by atoms with E-state index in [1.165, 1.54) is 0 Å². The first-order chi connectivity index (χ1) is 6.20. The summed E-state index contributed by atoms with van der Waals surface area (Å²) in [6.07, 6.45) is 4.83. The first-order valence-corrected chi connectivity index (χ1v) is 5.34. The molecule has 0 spiro atoms. The lowest BCUT2D eigenvalue weighted by Crippen LogP contribution is -2.09. The number of carbonyl (C=O) groups is 1. The maximum Gasteiger partial charge on any atom is 0.132 e. The van der Waals surface area contributed by atoms with Gasteiger partial charge in [0.2, 0.25) is 0 Å². The SMILES string of the molecule is CCCC(C)OCCCC(=O)CC. The van der Waals surface area contributed by atoms with Gasteiger partial charge in [-0.1, -0.05) is 20.3 Å². The van der Waals surface area contributed by atoms with E-state index in [-0.39, 0.29) is 0 Å². The molecule has 0 saturated heterocycles. The first-order valence-electron chi connectivity index (χ1n) is 5.34. The van der Waals surface area contributed by atoms with Gasteiger partial charge in [0, 0.05) is 19.4 Å². The van der Waals surface area contributed by atoms with Crippen molar-refractivity contribution < 1.29 is 9.53 Å². The van der Waals surface area contributed by atoms with E-state index in [9.17, 15) is 4.79 Å². The summed E-state index contributed by atoms with van der Waals surface area (Å²) in [6, 6.07) is 0. The Bertz CT molecular complexity index is 132. The van der Waals surface area contributed by atoms with Crippen LogP contribution in [0.25, 0.3) is 0 Å². The molecule has 0 N–H and O–H groups in total. The van der Waals surface area contributed by atoms with Crippen LogP contribution >= 0.6 is 0 Å². The van der Waals surface area contributed by atoms with Crippen LogP contribution in [0.2, 0.25) is 0 Å². The van der Waals surface area contributed by atoms with Gasteiger partial charge in [0.1, 0.15) is 5.78 Å². The van der Waals surface area contributed by atoms with E-state index in [2.05, 4.69) is 13.8 Å². The van der Waals surface area contributed by atoms with Crippen molar-refractivity contribution in [1.29, 1.82) is 0 Å². The zero-order valence-corrected chi connectivity index (χ0v) is 9.14. The summed E-state index contributed by atoms with van der Waals surface area (Å²) in [5.41, 5.74) is 0. The number of carbonyl (C=O) groups excluding carboxylic acids is 1. The summed E-state index contributed by atoms with van der Waals surface area (Å²) < 4.78 is 5.53. The molecule has 0 fully saturated rings. The molecule has 0 aromatic heterocycles. The number of hydrogen-bond acceptors (Lipinski definition) is 2. The van der Waals surface area contributed by atoms with Crippen molar-refractivity contribution in [3.63, 3.8) is 0 Å². The van der Waals surface area contributed by atoms with Gasteiger partial charge in [0.25, 0.3) is 0 Å². The van der Waals surface area contributed by atoms with Crippen LogP contribution in [-0.2, 0) is 9.53 Å². The molecule has 0 aliphatic rings. The average molecular weight is 186 g/mol. The van der Waals surface area contributed by atoms with E-state index in [0.717, 1.165) is 25.9 Å². The molecule has 0 radical (unpaired) electrons. The third-order valence-electron chi connectivity index (χ3n) is 2.09. The quantitative estimate of drug-likeness (QED) is 0.545. The molecule has 0 heterocycles. The third kappa shape index (κ3) is 7.97. The van der Waals surface area contributed by atoms with Crippen LogP contribution in [0.1, 0.15) is 52.9 Å². The Morgan fingerprint density at radius 2 is 2.08 bits per heavy atom. The van der Waals surface area contributed by atoms with E-state index >= 15 is 0 Å². The normalized spacial score (nSPS) is 12.8. The van der Waals surface area contributed by atoms with Crippen LogP contribution in [-0.4, -0.2) is 18.5 Å². The molecule has 0 rings (SSSR count). The van der Waals surface area contributed by atoms with Gasteiger partial charge in [0.15, 0.2) is 0 Å². The van der Waals surface area contributed by atoms with Gasteiger partial charge in [-0.3, -0.25) is 4.79 Å². The van der Waals surface area contributed by atoms with Crippen LogP contribution < -0.4 is 0 Å². The lowest BCUT2D eigenvalue weighted by molar-refractivity contribution is -0.119. The summed E-state index contributed by atoms with van der Waals surface area (Å²) in [6.45, 7) is 6.88. The van der Waals surface area contributed by atoms with Crippen molar-refractivity contribution >= 4 is 5.78 Å². The van der Waals surface area contributed by atoms with Crippen LogP contribution in [0.5, 0.6) is 0 Å². The summed E-state index contributed by atoms with van der Waals surface area (Å²) in [5, 5.41) is 0. The maximum absolute atomic E-state index is 10.9. The van der Waals surface area contributed by atoms with Crippen molar-refractivity contribution in [2.75, 3.05) is 6.61 Å². The maximum atomic E-state index is 10.9. The Labute approximate surface area is 81.7 Å². The van der Waals surface area contributed by atoms with E-state index in [4.69, 9.17) is 4.74 Å². The number of Topliss-reactive ketones (excluding diaryl/α,β-unsaturated/α-hetero) is 1. The standard InChI is InChI=1S/C11H22O2/c1-4-7-10(3)13-9-6-8-11(12)5-2/h10H,4-9H2,1-3H3. The predicted octanol–water partition coefficient (Wildman–Crippen LogP) is 2.95. The minimum atomic E-state index is 0.340. The van der Waals surface area contributed by atoms with Gasteiger partial charge in [0.05, 0.1) is 6.10 Å². The molecule has 2 heteroatoms. The molecule has 0 saturated carbocycles. The number of rotatable bonds is 8. The van der Waals surface area contributed by atoms with Gasteiger partial charge in [-0.05, 0) is 19.8 Å². The van der Waals surface area contributed by atoms with Crippen LogP contribution in [0.15, 0.2) is 0 Å². The molecule has 0 bridgehead atoms. The predicted molar refractivity (Wildman–Crippen MR) is 54.9 cm³/mol. The van der Waals surface area contributed by atoms with Crippen molar-refractivity contribution in [2.24, 2.45) is 0 Å². The fourth-order valence-corrected chi connectivity index (χ4v) is 1.22. The molecular weight excluding hydrogens is 164 g/mol. The second kappa shape index (κ2) is 8.24. The largest absolute Gasteiger partial charge is 0.378 e. The smallest absolute Gasteiger partial charge is 0.132 e. The molecule has 0 amide bonds. The van der Waals surface area contributed by atoms with Crippen LogP contribution in [0.3, 0.4) is 0 Å². The molecule has 1 unspecified atom stereocenters. The highest BCUT2D eigenvalue weighted by Gasteiger charge is 2.01. The summed E-state index contributed by atoms with van der Waals surface area (Å²) in [5.74, 6) is 0.340. The summed E-state index contributed by atoms with van der Waals surface area (Å²) in [4.78, 5) is 10.9. The molecule has 1 atom stereocenters. The average Bonchev–Trinajstić information content (AvgIpc) is 2.12. The molecular formula is C11H22O2. The van der Waals surface area contributed by atoms with Crippen molar-refractivity contribution in [2.45, 2.75) is 59.0 Å². The highest BCUT2D eigenvalue weighted by atomic mass is 16.5. The Balaban J connectivity index is 3.20. The Morgan fingerprint density at radius 1 is 1.38 bits per heavy atom. The van der Waals surface area contributed by atoms with E-state index in [1.807, 2.05) is 6.92 Å². The van der Waals surface area contributed by atoms with Gasteiger partial charge in [-0.25, -0.2) is 0 Å². The second-order valence-electron chi connectivity index (χ2n) is 3.47. The lowest BCUT2D eigenvalue weighted by Gasteiger charge is -2.10. The number of ketones is 1. The third-order valence-corrected chi connectivity index (χ3v) is 2.09. The van der Waals surface area contributed by atoms with Gasteiger partial charge >= 0.3 is 0 Å². The van der Waals surface area contributed by atoms with E-state index < -0.39 is 0 Å². The zero-order chi connectivity index (χ0) is 10.1. The molecule has 2 nitrogen and oxygen atoms in total. The van der Waals surface area contributed by atoms with Crippen LogP contribution in [0.4, 0.5) is 0 Å². The fraction of sp³-hybridized carbons (Fsp3) is 0.909. The van der Waals surface area contributed by atoms with Crippen molar-refractivity contribution in [3.8, 4) is 0 Å². The fourth-order valence-electron chi connectivity index (χ4n) is 1.22. The molecule has 0 aliphatic carbocycles. The molecule has 13 heavy (non-hydrogen) atoms.